The molecular formula is C5H7BrN2O. The van der Waals surface area contributed by atoms with E-state index in [1.807, 2.05) is 6.07 Å². The summed E-state index contributed by atoms with van der Waals surface area (Å²) in [6.07, 6.45) is 0. The fourth-order valence-corrected chi connectivity index (χ4v) is 0.911. The van der Waals surface area contributed by atoms with Crippen LogP contribution in [0.5, 0.6) is 0 Å². The van der Waals surface area contributed by atoms with Gasteiger partial charge in [0.05, 0.1) is 12.3 Å². The van der Waals surface area contributed by atoms with Crippen LogP contribution in [0.3, 0.4) is 0 Å². The Bertz CT molecular complexity index is 187. The lowest BCUT2D eigenvalue weighted by Crippen LogP contribution is -1.85. The number of aromatic nitrogens is 2. The Kier molecular flexibility index (Phi) is 2.24. The van der Waals surface area contributed by atoms with Crippen molar-refractivity contribution in [1.82, 2.24) is 10.2 Å². The zero-order valence-electron chi connectivity index (χ0n) is 5.02. The van der Waals surface area contributed by atoms with Crippen LogP contribution in [0.15, 0.2) is 10.7 Å². The number of methoxy groups -OCH3 is 1. The molecule has 0 fully saturated rings. The van der Waals surface area contributed by atoms with Crippen LogP contribution in [-0.2, 0) is 11.3 Å². The number of ether oxygens (including phenoxy) is 1. The molecule has 1 N–H and O–H groups in total. The van der Waals surface area contributed by atoms with Gasteiger partial charge in [0.2, 0.25) is 0 Å². The van der Waals surface area contributed by atoms with Gasteiger partial charge in [-0.1, -0.05) is 0 Å². The zero-order chi connectivity index (χ0) is 6.69. The Labute approximate surface area is 61.5 Å². The summed E-state index contributed by atoms with van der Waals surface area (Å²) >= 11 is 3.23. The van der Waals surface area contributed by atoms with Gasteiger partial charge in [0.25, 0.3) is 0 Å². The van der Waals surface area contributed by atoms with E-state index in [0.717, 1.165) is 10.3 Å². The monoisotopic (exact) mass is 190 g/mol. The predicted octanol–water partition coefficient (Wildman–Crippen LogP) is 1.32. The highest BCUT2D eigenvalue weighted by molar-refractivity contribution is 9.10. The number of hydrogen-bond donors (Lipinski definition) is 1. The van der Waals surface area contributed by atoms with Crippen LogP contribution < -0.4 is 0 Å². The van der Waals surface area contributed by atoms with Gasteiger partial charge in [0.15, 0.2) is 0 Å². The lowest BCUT2D eigenvalue weighted by Gasteiger charge is -1.87. The maximum absolute atomic E-state index is 4.84. The van der Waals surface area contributed by atoms with Crippen LogP contribution in [0.2, 0.25) is 0 Å². The second kappa shape index (κ2) is 2.98. The fraction of sp³-hybridized carbons (Fsp3) is 0.400. The highest BCUT2D eigenvalue weighted by Gasteiger charge is 1.94. The van der Waals surface area contributed by atoms with Crippen molar-refractivity contribution in [3.8, 4) is 0 Å². The molecule has 0 radical (unpaired) electrons. The van der Waals surface area contributed by atoms with Gasteiger partial charge in [-0.05, 0) is 22.0 Å². The van der Waals surface area contributed by atoms with Gasteiger partial charge in [-0.3, -0.25) is 5.10 Å². The third kappa shape index (κ3) is 1.80. The Morgan fingerprint density at radius 2 is 2.67 bits per heavy atom. The van der Waals surface area contributed by atoms with Crippen molar-refractivity contribution < 1.29 is 4.74 Å². The van der Waals surface area contributed by atoms with Crippen molar-refractivity contribution in [2.45, 2.75) is 6.61 Å². The average Bonchev–Trinajstić information content (AvgIpc) is 2.17. The van der Waals surface area contributed by atoms with Gasteiger partial charge in [-0.15, -0.1) is 0 Å². The molecule has 4 heteroatoms. The van der Waals surface area contributed by atoms with E-state index in [-0.39, 0.29) is 0 Å². The zero-order valence-corrected chi connectivity index (χ0v) is 6.60. The normalized spacial score (nSPS) is 10.0. The number of rotatable bonds is 2. The first-order valence-corrected chi connectivity index (χ1v) is 3.31. The van der Waals surface area contributed by atoms with E-state index in [1.54, 1.807) is 7.11 Å². The molecule has 0 bridgehead atoms. The van der Waals surface area contributed by atoms with Crippen LogP contribution in [-0.4, -0.2) is 17.3 Å². The first kappa shape index (κ1) is 6.77. The Hall–Kier alpha value is -0.350. The largest absolute Gasteiger partial charge is 0.378 e. The van der Waals surface area contributed by atoms with Gasteiger partial charge >= 0.3 is 0 Å². The lowest BCUT2D eigenvalue weighted by molar-refractivity contribution is 0.181. The average molecular weight is 191 g/mol. The molecule has 0 amide bonds. The molecule has 0 atom stereocenters. The maximum atomic E-state index is 4.84. The highest BCUT2D eigenvalue weighted by Crippen LogP contribution is 2.06. The number of hydrogen-bond acceptors (Lipinski definition) is 2. The quantitative estimate of drug-likeness (QED) is 0.765. The number of H-pyrrole nitrogens is 1. The van der Waals surface area contributed by atoms with E-state index in [0.29, 0.717) is 6.61 Å². The molecule has 9 heavy (non-hydrogen) atoms. The van der Waals surface area contributed by atoms with Crippen LogP contribution in [0.25, 0.3) is 0 Å². The summed E-state index contributed by atoms with van der Waals surface area (Å²) in [5.74, 6) is 0. The van der Waals surface area contributed by atoms with Crippen molar-refractivity contribution >= 4 is 15.9 Å². The predicted molar refractivity (Wildman–Crippen MR) is 37.0 cm³/mol. The van der Waals surface area contributed by atoms with Crippen LogP contribution in [0, 0.1) is 0 Å². The van der Waals surface area contributed by atoms with Crippen molar-refractivity contribution in [2.24, 2.45) is 0 Å². The molecule has 0 unspecified atom stereocenters. The Morgan fingerprint density at radius 3 is 3.11 bits per heavy atom. The van der Waals surface area contributed by atoms with Crippen LogP contribution in [0.1, 0.15) is 5.69 Å². The van der Waals surface area contributed by atoms with E-state index >= 15 is 0 Å². The smallest absolute Gasteiger partial charge is 0.101 e. The molecule has 0 aromatic carbocycles. The highest BCUT2D eigenvalue weighted by atomic mass is 79.9. The molecule has 0 spiro atoms. The molecule has 0 aliphatic heterocycles. The summed E-state index contributed by atoms with van der Waals surface area (Å²) < 4.78 is 5.72. The number of nitrogens with zero attached hydrogens (tertiary/aromatic N) is 1. The van der Waals surface area contributed by atoms with Crippen LogP contribution in [0.4, 0.5) is 0 Å². The third-order valence-electron chi connectivity index (χ3n) is 0.892. The second-order valence-corrected chi connectivity index (χ2v) is 2.49. The maximum Gasteiger partial charge on any atom is 0.101 e. The number of halogens is 1. The van der Waals surface area contributed by atoms with E-state index in [1.165, 1.54) is 0 Å². The van der Waals surface area contributed by atoms with E-state index < -0.39 is 0 Å². The number of nitrogens with one attached hydrogen (secondary N) is 1. The Morgan fingerprint density at radius 1 is 1.89 bits per heavy atom. The van der Waals surface area contributed by atoms with Crippen molar-refractivity contribution in [2.75, 3.05) is 7.11 Å². The summed E-state index contributed by atoms with van der Waals surface area (Å²) in [6.45, 7) is 0.558. The molecule has 0 saturated heterocycles. The number of aromatic amines is 1. The van der Waals surface area contributed by atoms with E-state index in [9.17, 15) is 0 Å². The van der Waals surface area contributed by atoms with Gasteiger partial charge < -0.3 is 4.74 Å². The minimum Gasteiger partial charge on any atom is -0.378 e. The summed E-state index contributed by atoms with van der Waals surface area (Å²) in [4.78, 5) is 0. The molecule has 0 aliphatic rings. The molecule has 1 rings (SSSR count). The summed E-state index contributed by atoms with van der Waals surface area (Å²) in [5, 5.41) is 6.65. The van der Waals surface area contributed by atoms with Crippen molar-refractivity contribution in [3.63, 3.8) is 0 Å². The molecule has 0 saturated carbocycles. The molecule has 0 aliphatic carbocycles. The summed E-state index contributed by atoms with van der Waals surface area (Å²) in [5.41, 5.74) is 0.907. The molecule has 1 aromatic heterocycles. The van der Waals surface area contributed by atoms with Crippen molar-refractivity contribution in [1.29, 1.82) is 0 Å². The second-order valence-electron chi connectivity index (χ2n) is 1.64. The fourth-order valence-electron chi connectivity index (χ4n) is 0.558. The Balaban J connectivity index is 2.61. The molecule has 1 heterocycles. The van der Waals surface area contributed by atoms with Crippen LogP contribution >= 0.6 is 15.9 Å². The summed E-state index contributed by atoms with van der Waals surface area (Å²) in [7, 11) is 1.64. The van der Waals surface area contributed by atoms with Gasteiger partial charge in [-0.25, -0.2) is 0 Å². The first-order chi connectivity index (χ1) is 4.33. The minimum absolute atomic E-state index is 0.558. The minimum atomic E-state index is 0.558. The van der Waals surface area contributed by atoms with E-state index in [4.69, 9.17) is 4.74 Å². The van der Waals surface area contributed by atoms with E-state index in [2.05, 4.69) is 26.1 Å². The first-order valence-electron chi connectivity index (χ1n) is 2.51. The molecule has 1 aromatic rings. The lowest BCUT2D eigenvalue weighted by atomic mass is 10.5. The standard InChI is InChI=1S/C5H7BrN2O/c1-9-3-4-2-5(6)8-7-4/h2H,3H2,1H3,(H,7,8). The molecular weight excluding hydrogens is 184 g/mol. The third-order valence-corrected chi connectivity index (χ3v) is 1.30. The van der Waals surface area contributed by atoms with Crippen molar-refractivity contribution in [3.05, 3.63) is 16.4 Å². The van der Waals surface area contributed by atoms with Gasteiger partial charge in [-0.2, -0.15) is 5.10 Å². The molecule has 3 nitrogen and oxygen atoms in total. The van der Waals surface area contributed by atoms with Gasteiger partial charge in [0, 0.05) is 7.11 Å². The molecule has 50 valence electrons. The van der Waals surface area contributed by atoms with Gasteiger partial charge in [0.1, 0.15) is 4.60 Å². The summed E-state index contributed by atoms with van der Waals surface area (Å²) in [6, 6.07) is 1.88. The SMILES string of the molecule is COCc1cc(Br)[nH]n1. The topological polar surface area (TPSA) is 37.9 Å².